The fraction of sp³-hybridized carbons (Fsp3) is 0.167. The van der Waals surface area contributed by atoms with Gasteiger partial charge in [-0.3, -0.25) is 0 Å². The highest BCUT2D eigenvalue weighted by atomic mass is 16.4. The van der Waals surface area contributed by atoms with Crippen LogP contribution in [0.1, 0.15) is 5.56 Å². The molecule has 16 heavy (non-hydrogen) atoms. The van der Waals surface area contributed by atoms with E-state index >= 15 is 0 Å². The number of hydrogen-bond acceptors (Lipinski definition) is 3. The van der Waals surface area contributed by atoms with Crippen LogP contribution in [0, 0.1) is 0 Å². The molecule has 0 amide bonds. The van der Waals surface area contributed by atoms with Crippen molar-refractivity contribution in [2.45, 2.75) is 0 Å². The number of carboxylic acids is 1. The smallest absolute Gasteiger partial charge is 0.346 e. The molecular weight excluding hydrogens is 204 g/mol. The van der Waals surface area contributed by atoms with Gasteiger partial charge in [0.1, 0.15) is 6.21 Å². The quantitative estimate of drug-likeness (QED) is 0.786. The van der Waals surface area contributed by atoms with E-state index in [-0.39, 0.29) is 0 Å². The molecule has 1 N–H and O–H groups in total. The molecule has 1 aromatic rings. The van der Waals surface area contributed by atoms with Gasteiger partial charge in [0.2, 0.25) is 0 Å². The molecular formula is C12H14N2O2. The summed E-state index contributed by atoms with van der Waals surface area (Å²) in [6, 6.07) is 7.28. The van der Waals surface area contributed by atoms with E-state index in [9.17, 15) is 4.79 Å². The van der Waals surface area contributed by atoms with Crippen LogP contribution in [0.3, 0.4) is 0 Å². The lowest BCUT2D eigenvalue weighted by molar-refractivity contribution is -0.128. The number of aliphatic carboxylic acids is 1. The van der Waals surface area contributed by atoms with Crippen molar-refractivity contribution in [3.63, 3.8) is 0 Å². The van der Waals surface area contributed by atoms with Crippen molar-refractivity contribution in [2.24, 2.45) is 4.99 Å². The van der Waals surface area contributed by atoms with Gasteiger partial charge in [-0.1, -0.05) is 24.8 Å². The number of carbonyl (C=O) groups is 1. The molecule has 1 aromatic carbocycles. The molecule has 1 rings (SSSR count). The van der Waals surface area contributed by atoms with Crippen molar-refractivity contribution in [1.29, 1.82) is 0 Å². The molecule has 84 valence electrons. The summed E-state index contributed by atoms with van der Waals surface area (Å²) in [5, 5.41) is 8.53. The predicted octanol–water partition coefficient (Wildman–Crippen LogP) is 2.01. The van der Waals surface area contributed by atoms with Crippen molar-refractivity contribution in [3.05, 3.63) is 36.4 Å². The third-order valence-electron chi connectivity index (χ3n) is 2.07. The van der Waals surface area contributed by atoms with Gasteiger partial charge >= 0.3 is 5.97 Å². The lowest BCUT2D eigenvalue weighted by Gasteiger charge is -2.17. The Bertz CT molecular complexity index is 436. The number of hydrogen-bond donors (Lipinski definition) is 1. The SMILES string of the molecule is C=C(c1ccccc1N=CC(=O)O)N(C)C. The molecule has 0 bridgehead atoms. The zero-order valence-electron chi connectivity index (χ0n) is 9.34. The summed E-state index contributed by atoms with van der Waals surface area (Å²) in [5.41, 5.74) is 2.21. The highest BCUT2D eigenvalue weighted by Crippen LogP contribution is 2.25. The first kappa shape index (κ1) is 12.0. The molecule has 0 aliphatic rings. The average molecular weight is 218 g/mol. The minimum Gasteiger partial charge on any atom is -0.477 e. The first-order valence-corrected chi connectivity index (χ1v) is 4.75. The molecule has 0 saturated heterocycles. The van der Waals surface area contributed by atoms with Crippen molar-refractivity contribution in [3.8, 4) is 0 Å². The number of carboxylic acid groups (broad SMARTS) is 1. The molecule has 0 aliphatic heterocycles. The Morgan fingerprint density at radius 1 is 1.44 bits per heavy atom. The zero-order valence-corrected chi connectivity index (χ0v) is 9.34. The van der Waals surface area contributed by atoms with Crippen LogP contribution in [0.2, 0.25) is 0 Å². The van der Waals surface area contributed by atoms with E-state index in [0.29, 0.717) is 5.69 Å². The average Bonchev–Trinajstić information content (AvgIpc) is 2.25. The highest BCUT2D eigenvalue weighted by Gasteiger charge is 2.05. The van der Waals surface area contributed by atoms with Gasteiger partial charge in [0.25, 0.3) is 0 Å². The van der Waals surface area contributed by atoms with Gasteiger partial charge in [0.15, 0.2) is 0 Å². The predicted molar refractivity (Wildman–Crippen MR) is 65.0 cm³/mol. The molecule has 0 heterocycles. The number of nitrogens with zero attached hydrogens (tertiary/aromatic N) is 2. The maximum absolute atomic E-state index is 10.4. The lowest BCUT2D eigenvalue weighted by Crippen LogP contribution is -2.08. The molecule has 0 fully saturated rings. The van der Waals surface area contributed by atoms with Crippen LogP contribution in [0.4, 0.5) is 5.69 Å². The van der Waals surface area contributed by atoms with E-state index in [2.05, 4.69) is 11.6 Å². The number of para-hydroxylation sites is 1. The Kier molecular flexibility index (Phi) is 3.83. The van der Waals surface area contributed by atoms with Gasteiger partial charge in [0, 0.05) is 25.4 Å². The van der Waals surface area contributed by atoms with Gasteiger partial charge in [-0.15, -0.1) is 0 Å². The van der Waals surface area contributed by atoms with Gasteiger partial charge in [-0.05, 0) is 6.07 Å². The second kappa shape index (κ2) is 5.11. The van der Waals surface area contributed by atoms with Crippen molar-refractivity contribution >= 4 is 23.6 Å². The summed E-state index contributed by atoms with van der Waals surface area (Å²) >= 11 is 0. The topological polar surface area (TPSA) is 52.9 Å². The van der Waals surface area contributed by atoms with E-state index in [4.69, 9.17) is 5.11 Å². The fourth-order valence-electron chi connectivity index (χ4n) is 1.20. The van der Waals surface area contributed by atoms with E-state index in [1.807, 2.05) is 31.1 Å². The van der Waals surface area contributed by atoms with Crippen LogP contribution >= 0.6 is 0 Å². The van der Waals surface area contributed by atoms with Crippen LogP contribution in [-0.4, -0.2) is 36.3 Å². The maximum atomic E-state index is 10.4. The van der Waals surface area contributed by atoms with Crippen molar-refractivity contribution < 1.29 is 9.90 Å². The Morgan fingerprint density at radius 2 is 2.06 bits per heavy atom. The van der Waals surface area contributed by atoms with E-state index in [1.54, 1.807) is 12.1 Å². The van der Waals surface area contributed by atoms with E-state index in [1.165, 1.54) is 0 Å². The Balaban J connectivity index is 3.10. The van der Waals surface area contributed by atoms with Gasteiger partial charge in [0.05, 0.1) is 5.69 Å². The summed E-state index contributed by atoms with van der Waals surface area (Å²) < 4.78 is 0. The third-order valence-corrected chi connectivity index (χ3v) is 2.07. The normalized spacial score (nSPS) is 10.4. The number of aliphatic imine (C=N–C) groups is 1. The van der Waals surface area contributed by atoms with Crippen LogP contribution < -0.4 is 0 Å². The van der Waals surface area contributed by atoms with Crippen LogP contribution in [0.15, 0.2) is 35.8 Å². The number of rotatable bonds is 4. The molecule has 0 radical (unpaired) electrons. The van der Waals surface area contributed by atoms with Gasteiger partial charge < -0.3 is 10.0 Å². The molecule has 0 aromatic heterocycles. The fourth-order valence-corrected chi connectivity index (χ4v) is 1.20. The third kappa shape index (κ3) is 2.95. The summed E-state index contributed by atoms with van der Waals surface area (Å²) in [5.74, 6) is -1.06. The first-order chi connectivity index (χ1) is 7.52. The Labute approximate surface area is 94.5 Å². The zero-order chi connectivity index (χ0) is 12.1. The molecule has 0 spiro atoms. The monoisotopic (exact) mass is 218 g/mol. The summed E-state index contributed by atoms with van der Waals surface area (Å²) in [4.78, 5) is 16.2. The minimum atomic E-state index is -1.06. The van der Waals surface area contributed by atoms with Crippen molar-refractivity contribution in [2.75, 3.05) is 14.1 Å². The van der Waals surface area contributed by atoms with Crippen LogP contribution in [0.5, 0.6) is 0 Å². The standard InChI is InChI=1S/C12H14N2O2/c1-9(14(2)3)10-6-4-5-7-11(10)13-8-12(15)16/h4-8H,1H2,2-3H3,(H,15,16). The summed E-state index contributed by atoms with van der Waals surface area (Å²) in [6.07, 6.45) is 0.877. The second-order valence-electron chi connectivity index (χ2n) is 3.45. The largest absolute Gasteiger partial charge is 0.477 e. The van der Waals surface area contributed by atoms with Gasteiger partial charge in [-0.25, -0.2) is 9.79 Å². The van der Waals surface area contributed by atoms with Crippen molar-refractivity contribution in [1.82, 2.24) is 4.90 Å². The van der Waals surface area contributed by atoms with Crippen LogP contribution in [-0.2, 0) is 4.79 Å². The molecule has 0 atom stereocenters. The number of benzene rings is 1. The summed E-state index contributed by atoms with van der Waals surface area (Å²) in [6.45, 7) is 3.92. The molecule has 0 aliphatic carbocycles. The maximum Gasteiger partial charge on any atom is 0.346 e. The second-order valence-corrected chi connectivity index (χ2v) is 3.45. The van der Waals surface area contributed by atoms with E-state index < -0.39 is 5.97 Å². The molecule has 4 heteroatoms. The van der Waals surface area contributed by atoms with Gasteiger partial charge in [-0.2, -0.15) is 0 Å². The Morgan fingerprint density at radius 3 is 2.62 bits per heavy atom. The van der Waals surface area contributed by atoms with E-state index in [0.717, 1.165) is 17.5 Å². The molecule has 0 saturated carbocycles. The molecule has 4 nitrogen and oxygen atoms in total. The van der Waals surface area contributed by atoms with Crippen LogP contribution in [0.25, 0.3) is 5.70 Å². The molecule has 0 unspecified atom stereocenters. The minimum absolute atomic E-state index is 0.601. The first-order valence-electron chi connectivity index (χ1n) is 4.75. The summed E-state index contributed by atoms with van der Waals surface area (Å²) in [7, 11) is 3.75. The highest BCUT2D eigenvalue weighted by molar-refractivity contribution is 6.22. The Hall–Kier alpha value is -2.10. The lowest BCUT2D eigenvalue weighted by atomic mass is 10.1.